The Morgan fingerprint density at radius 3 is 2.59 bits per heavy atom. The van der Waals surface area contributed by atoms with Gasteiger partial charge < -0.3 is 14.8 Å². The first-order chi connectivity index (χ1) is 12.8. The first kappa shape index (κ1) is 20.5. The van der Waals surface area contributed by atoms with E-state index in [0.29, 0.717) is 22.0 Å². The number of hydrogen-bond acceptors (Lipinski definition) is 5. The molecule has 6 nitrogen and oxygen atoms in total. The van der Waals surface area contributed by atoms with Gasteiger partial charge in [-0.3, -0.25) is 9.59 Å². The maximum Gasteiger partial charge on any atom is 0.344 e. The second kappa shape index (κ2) is 9.19. The van der Waals surface area contributed by atoms with Crippen LogP contribution in [0.2, 0.25) is 5.02 Å². The predicted molar refractivity (Wildman–Crippen MR) is 102 cm³/mol. The van der Waals surface area contributed by atoms with Crippen LogP contribution in [0.5, 0.6) is 5.75 Å². The highest BCUT2D eigenvalue weighted by Crippen LogP contribution is 2.25. The van der Waals surface area contributed by atoms with E-state index in [1.807, 2.05) is 13.0 Å². The summed E-state index contributed by atoms with van der Waals surface area (Å²) in [7, 11) is 0. The molecular weight excluding hydrogens is 370 g/mol. The lowest BCUT2D eigenvalue weighted by molar-refractivity contribution is -0.155. The van der Waals surface area contributed by atoms with Gasteiger partial charge >= 0.3 is 5.97 Å². The van der Waals surface area contributed by atoms with E-state index < -0.39 is 18.0 Å². The Morgan fingerprint density at radius 2 is 1.89 bits per heavy atom. The minimum atomic E-state index is -1.03. The van der Waals surface area contributed by atoms with Gasteiger partial charge in [-0.1, -0.05) is 29.8 Å². The molecule has 0 heterocycles. The maximum atomic E-state index is 12.2. The summed E-state index contributed by atoms with van der Waals surface area (Å²) in [6, 6.07) is 11.7. The van der Waals surface area contributed by atoms with Crippen LogP contribution >= 0.6 is 11.6 Å². The van der Waals surface area contributed by atoms with Crippen LogP contribution in [0.15, 0.2) is 42.5 Å². The average molecular weight is 390 g/mol. The number of ether oxygens (including phenoxy) is 2. The maximum absolute atomic E-state index is 12.2. The van der Waals surface area contributed by atoms with Crippen LogP contribution < -0.4 is 10.1 Å². The van der Waals surface area contributed by atoms with Gasteiger partial charge in [-0.05, 0) is 50.6 Å². The largest absolute Gasteiger partial charge is 0.480 e. The fraction of sp³-hybridized carbons (Fsp3) is 0.250. The zero-order valence-electron chi connectivity index (χ0n) is 15.2. The number of Topliss-reactive ketones (excluding diaryl/α,β-unsaturated/α-hetero) is 1. The van der Waals surface area contributed by atoms with Gasteiger partial charge in [-0.15, -0.1) is 0 Å². The van der Waals surface area contributed by atoms with Gasteiger partial charge in [0, 0.05) is 11.3 Å². The van der Waals surface area contributed by atoms with Crippen molar-refractivity contribution in [2.45, 2.75) is 26.9 Å². The number of rotatable bonds is 7. The van der Waals surface area contributed by atoms with Gasteiger partial charge in [0.1, 0.15) is 5.75 Å². The summed E-state index contributed by atoms with van der Waals surface area (Å²) in [5.74, 6) is -0.963. The second-order valence-electron chi connectivity index (χ2n) is 5.98. The molecule has 0 bridgehead atoms. The van der Waals surface area contributed by atoms with E-state index in [4.69, 9.17) is 21.1 Å². The molecule has 0 unspecified atom stereocenters. The number of aryl methyl sites for hydroxylation is 1. The number of ketones is 1. The molecule has 7 heteroatoms. The molecule has 0 aliphatic rings. The third kappa shape index (κ3) is 6.11. The second-order valence-corrected chi connectivity index (χ2v) is 6.39. The third-order valence-electron chi connectivity index (χ3n) is 3.65. The summed E-state index contributed by atoms with van der Waals surface area (Å²) in [6.45, 7) is 4.38. The van der Waals surface area contributed by atoms with E-state index in [1.165, 1.54) is 13.8 Å². The molecule has 0 saturated carbocycles. The molecule has 0 aliphatic heterocycles. The number of carbonyl (C=O) groups excluding carboxylic acids is 3. The highest BCUT2D eigenvalue weighted by Gasteiger charge is 2.19. The summed E-state index contributed by atoms with van der Waals surface area (Å²) in [5.41, 5.74) is 1.85. The summed E-state index contributed by atoms with van der Waals surface area (Å²) in [4.78, 5) is 35.5. The molecule has 0 fully saturated rings. The Morgan fingerprint density at radius 1 is 1.15 bits per heavy atom. The van der Waals surface area contributed by atoms with Crippen molar-refractivity contribution in [3.63, 3.8) is 0 Å². The van der Waals surface area contributed by atoms with Crippen molar-refractivity contribution >= 4 is 34.9 Å². The highest BCUT2D eigenvalue weighted by molar-refractivity contribution is 6.32. The zero-order chi connectivity index (χ0) is 20.0. The summed E-state index contributed by atoms with van der Waals surface area (Å²) < 4.78 is 10.4. The molecule has 1 N–H and O–H groups in total. The summed E-state index contributed by atoms with van der Waals surface area (Å²) in [5, 5.41) is 2.98. The quantitative estimate of drug-likeness (QED) is 0.575. The van der Waals surface area contributed by atoms with Crippen LogP contribution in [0, 0.1) is 6.92 Å². The van der Waals surface area contributed by atoms with Crippen LogP contribution in [-0.2, 0) is 14.3 Å². The van der Waals surface area contributed by atoms with Crippen LogP contribution in [0.4, 0.5) is 5.69 Å². The van der Waals surface area contributed by atoms with Crippen molar-refractivity contribution in [3.8, 4) is 5.75 Å². The van der Waals surface area contributed by atoms with Crippen LogP contribution in [0.3, 0.4) is 0 Å². The Balaban J connectivity index is 1.88. The molecule has 0 spiro atoms. The van der Waals surface area contributed by atoms with Crippen molar-refractivity contribution in [1.29, 1.82) is 0 Å². The van der Waals surface area contributed by atoms with E-state index >= 15 is 0 Å². The molecule has 142 valence electrons. The van der Waals surface area contributed by atoms with Gasteiger partial charge in [-0.25, -0.2) is 4.79 Å². The standard InChI is InChI=1S/C20H20ClNO5/c1-12-7-8-17(21)18(9-12)26-11-19(24)27-14(3)20(25)22-16-6-4-5-15(10-16)13(2)23/h4-10,14H,11H2,1-3H3,(H,22,25)/t14-/m0/s1. The number of amides is 1. The molecule has 27 heavy (non-hydrogen) atoms. The van der Waals surface area contributed by atoms with Gasteiger partial charge in [-0.2, -0.15) is 0 Å². The number of nitrogens with one attached hydrogen (secondary N) is 1. The van der Waals surface area contributed by atoms with Crippen molar-refractivity contribution < 1.29 is 23.9 Å². The Hall–Kier alpha value is -2.86. The lowest BCUT2D eigenvalue weighted by atomic mass is 10.1. The lowest BCUT2D eigenvalue weighted by Gasteiger charge is -2.14. The first-order valence-corrected chi connectivity index (χ1v) is 8.64. The first-order valence-electron chi connectivity index (χ1n) is 8.26. The number of benzene rings is 2. The third-order valence-corrected chi connectivity index (χ3v) is 3.96. The van der Waals surface area contributed by atoms with Gasteiger partial charge in [0.15, 0.2) is 18.5 Å². The lowest BCUT2D eigenvalue weighted by Crippen LogP contribution is -2.31. The molecule has 2 aromatic carbocycles. The number of hydrogen-bond donors (Lipinski definition) is 1. The molecule has 0 saturated heterocycles. The van der Waals surface area contributed by atoms with E-state index in [0.717, 1.165) is 5.56 Å². The molecule has 0 radical (unpaired) electrons. The molecular formula is C20H20ClNO5. The molecule has 1 amide bonds. The molecule has 2 rings (SSSR count). The van der Waals surface area contributed by atoms with Crippen molar-refractivity contribution in [3.05, 3.63) is 58.6 Å². The van der Waals surface area contributed by atoms with Crippen LogP contribution in [-0.4, -0.2) is 30.4 Å². The Kier molecular flexibility index (Phi) is 6.96. The van der Waals surface area contributed by atoms with E-state index in [9.17, 15) is 14.4 Å². The van der Waals surface area contributed by atoms with Crippen LogP contribution in [0.1, 0.15) is 29.8 Å². The van der Waals surface area contributed by atoms with Gasteiger partial charge in [0.25, 0.3) is 5.91 Å². The average Bonchev–Trinajstić information content (AvgIpc) is 2.62. The minimum absolute atomic E-state index is 0.113. The normalized spacial score (nSPS) is 11.4. The van der Waals surface area contributed by atoms with Gasteiger partial charge in [0.2, 0.25) is 0 Å². The molecule has 0 aliphatic carbocycles. The fourth-order valence-corrected chi connectivity index (χ4v) is 2.37. The molecule has 1 atom stereocenters. The number of esters is 1. The summed E-state index contributed by atoms with van der Waals surface area (Å²) in [6.07, 6.45) is -1.03. The number of anilines is 1. The minimum Gasteiger partial charge on any atom is -0.480 e. The van der Waals surface area contributed by atoms with Crippen molar-refractivity contribution in [2.75, 3.05) is 11.9 Å². The topological polar surface area (TPSA) is 81.7 Å². The zero-order valence-corrected chi connectivity index (χ0v) is 16.0. The molecule has 2 aromatic rings. The van der Waals surface area contributed by atoms with E-state index in [2.05, 4.69) is 5.32 Å². The van der Waals surface area contributed by atoms with Crippen LogP contribution in [0.25, 0.3) is 0 Å². The van der Waals surface area contributed by atoms with E-state index in [-0.39, 0.29) is 12.4 Å². The Labute approximate surface area is 162 Å². The number of carbonyl (C=O) groups is 3. The molecule has 0 aromatic heterocycles. The highest BCUT2D eigenvalue weighted by atomic mass is 35.5. The number of halogens is 1. The SMILES string of the molecule is CC(=O)c1cccc(NC(=O)[C@H](C)OC(=O)COc2cc(C)ccc2Cl)c1. The van der Waals surface area contributed by atoms with Crippen molar-refractivity contribution in [2.24, 2.45) is 0 Å². The monoisotopic (exact) mass is 389 g/mol. The predicted octanol–water partition coefficient (Wildman–Crippen LogP) is 3.80. The Bertz CT molecular complexity index is 865. The van der Waals surface area contributed by atoms with Crippen molar-refractivity contribution in [1.82, 2.24) is 0 Å². The smallest absolute Gasteiger partial charge is 0.344 e. The van der Waals surface area contributed by atoms with Gasteiger partial charge in [0.05, 0.1) is 5.02 Å². The fourth-order valence-electron chi connectivity index (χ4n) is 2.20. The summed E-state index contributed by atoms with van der Waals surface area (Å²) >= 11 is 6.00. The van der Waals surface area contributed by atoms with E-state index in [1.54, 1.807) is 36.4 Å².